The van der Waals surface area contributed by atoms with E-state index in [2.05, 4.69) is 9.88 Å². The number of aliphatic hydroxyl groups is 1. The molecule has 124 valence electrons. The average Bonchev–Trinajstić information content (AvgIpc) is 3.04. The summed E-state index contributed by atoms with van der Waals surface area (Å²) in [5, 5.41) is 9.28. The van der Waals surface area contributed by atoms with Gasteiger partial charge in [0, 0.05) is 25.2 Å². The van der Waals surface area contributed by atoms with Gasteiger partial charge < -0.3 is 9.52 Å². The second-order valence-corrected chi connectivity index (χ2v) is 5.57. The molecule has 0 fully saturated rings. The number of hydrogen-bond donors (Lipinski definition) is 1. The average molecular weight is 326 g/mol. The summed E-state index contributed by atoms with van der Waals surface area (Å²) in [6.07, 6.45) is 1.58. The molecule has 0 spiro atoms. The third kappa shape index (κ3) is 4.28. The van der Waals surface area contributed by atoms with Crippen molar-refractivity contribution in [3.05, 3.63) is 77.9 Å². The molecule has 0 bridgehead atoms. The zero-order valence-electron chi connectivity index (χ0n) is 13.2. The van der Waals surface area contributed by atoms with Crippen molar-refractivity contribution in [3.63, 3.8) is 0 Å². The molecule has 3 aromatic rings. The second kappa shape index (κ2) is 7.86. The highest BCUT2D eigenvalue weighted by Crippen LogP contribution is 2.20. The Balaban J connectivity index is 1.71. The van der Waals surface area contributed by atoms with Crippen LogP contribution in [0.5, 0.6) is 0 Å². The first-order chi connectivity index (χ1) is 11.7. The van der Waals surface area contributed by atoms with Crippen LogP contribution >= 0.6 is 0 Å². The summed E-state index contributed by atoms with van der Waals surface area (Å²) >= 11 is 0. The Labute approximate surface area is 140 Å². The number of rotatable bonds is 7. The van der Waals surface area contributed by atoms with Gasteiger partial charge in [-0.25, -0.2) is 9.37 Å². The van der Waals surface area contributed by atoms with Crippen molar-refractivity contribution in [2.45, 2.75) is 13.1 Å². The van der Waals surface area contributed by atoms with Crippen LogP contribution in [0.4, 0.5) is 4.39 Å². The normalized spacial score (nSPS) is 11.1. The molecule has 5 heteroatoms. The molecular weight excluding hydrogens is 307 g/mol. The van der Waals surface area contributed by atoms with Crippen LogP contribution in [0.3, 0.4) is 0 Å². The van der Waals surface area contributed by atoms with Gasteiger partial charge in [-0.15, -0.1) is 0 Å². The molecule has 0 aliphatic heterocycles. The van der Waals surface area contributed by atoms with Crippen LogP contribution in [0.25, 0.3) is 11.5 Å². The van der Waals surface area contributed by atoms with Crippen LogP contribution in [0.15, 0.2) is 65.3 Å². The van der Waals surface area contributed by atoms with Crippen molar-refractivity contribution >= 4 is 0 Å². The molecule has 2 aromatic carbocycles. The molecule has 0 atom stereocenters. The van der Waals surface area contributed by atoms with Gasteiger partial charge in [-0.1, -0.05) is 36.4 Å². The highest BCUT2D eigenvalue weighted by atomic mass is 19.1. The Morgan fingerprint density at radius 1 is 1.04 bits per heavy atom. The van der Waals surface area contributed by atoms with Crippen LogP contribution in [0.1, 0.15) is 11.3 Å². The van der Waals surface area contributed by atoms with Gasteiger partial charge in [0.05, 0.1) is 12.3 Å². The molecule has 0 aliphatic rings. The smallest absolute Gasteiger partial charge is 0.226 e. The molecule has 1 heterocycles. The van der Waals surface area contributed by atoms with Crippen LogP contribution < -0.4 is 0 Å². The molecule has 0 radical (unpaired) electrons. The third-order valence-corrected chi connectivity index (χ3v) is 3.67. The SMILES string of the molecule is OCCN(Cc1ccccc1)Cc1coc(-c2cccc(F)c2)n1. The van der Waals surface area contributed by atoms with Crippen molar-refractivity contribution in [2.24, 2.45) is 0 Å². The van der Waals surface area contributed by atoms with Crippen molar-refractivity contribution in [1.29, 1.82) is 0 Å². The number of halogens is 1. The quantitative estimate of drug-likeness (QED) is 0.722. The zero-order valence-corrected chi connectivity index (χ0v) is 13.2. The molecule has 0 amide bonds. The minimum Gasteiger partial charge on any atom is -0.444 e. The van der Waals surface area contributed by atoms with Crippen molar-refractivity contribution in [1.82, 2.24) is 9.88 Å². The van der Waals surface area contributed by atoms with E-state index in [1.807, 2.05) is 30.3 Å². The summed E-state index contributed by atoms with van der Waals surface area (Å²) in [7, 11) is 0. The predicted octanol–water partition coefficient (Wildman–Crippen LogP) is 3.48. The van der Waals surface area contributed by atoms with Crippen molar-refractivity contribution < 1.29 is 13.9 Å². The van der Waals surface area contributed by atoms with E-state index in [0.29, 0.717) is 31.1 Å². The third-order valence-electron chi connectivity index (χ3n) is 3.67. The number of aliphatic hydroxyl groups excluding tert-OH is 1. The van der Waals surface area contributed by atoms with Gasteiger partial charge in [-0.2, -0.15) is 0 Å². The van der Waals surface area contributed by atoms with Gasteiger partial charge in [-0.3, -0.25) is 4.90 Å². The lowest BCUT2D eigenvalue weighted by Gasteiger charge is -2.20. The summed E-state index contributed by atoms with van der Waals surface area (Å²) in [6.45, 7) is 1.87. The van der Waals surface area contributed by atoms with E-state index in [-0.39, 0.29) is 12.4 Å². The lowest BCUT2D eigenvalue weighted by molar-refractivity contribution is 0.183. The largest absolute Gasteiger partial charge is 0.444 e. The van der Waals surface area contributed by atoms with E-state index in [1.54, 1.807) is 18.4 Å². The maximum absolute atomic E-state index is 13.3. The number of aromatic nitrogens is 1. The number of oxazole rings is 1. The van der Waals surface area contributed by atoms with Gasteiger partial charge in [-0.05, 0) is 23.8 Å². The molecule has 1 aromatic heterocycles. The molecule has 0 aliphatic carbocycles. The summed E-state index contributed by atoms with van der Waals surface area (Å²) in [5.41, 5.74) is 2.52. The summed E-state index contributed by atoms with van der Waals surface area (Å²) in [6, 6.07) is 16.2. The lowest BCUT2D eigenvalue weighted by atomic mass is 10.2. The molecule has 4 nitrogen and oxygen atoms in total. The van der Waals surface area contributed by atoms with Gasteiger partial charge in [0.15, 0.2) is 0 Å². The predicted molar refractivity (Wildman–Crippen MR) is 89.5 cm³/mol. The van der Waals surface area contributed by atoms with Gasteiger partial charge in [0.2, 0.25) is 5.89 Å². The first-order valence-electron chi connectivity index (χ1n) is 7.82. The number of hydrogen-bond acceptors (Lipinski definition) is 4. The van der Waals surface area contributed by atoms with E-state index in [4.69, 9.17) is 4.42 Å². The fourth-order valence-corrected chi connectivity index (χ4v) is 2.56. The van der Waals surface area contributed by atoms with Crippen LogP contribution in [0, 0.1) is 5.82 Å². The zero-order chi connectivity index (χ0) is 16.8. The van der Waals surface area contributed by atoms with Crippen molar-refractivity contribution in [2.75, 3.05) is 13.2 Å². The Kier molecular flexibility index (Phi) is 5.36. The monoisotopic (exact) mass is 326 g/mol. The Morgan fingerprint density at radius 3 is 2.62 bits per heavy atom. The molecule has 3 rings (SSSR count). The van der Waals surface area contributed by atoms with E-state index < -0.39 is 0 Å². The van der Waals surface area contributed by atoms with E-state index in [1.165, 1.54) is 17.7 Å². The molecule has 1 N–H and O–H groups in total. The lowest BCUT2D eigenvalue weighted by Crippen LogP contribution is -2.26. The van der Waals surface area contributed by atoms with Crippen molar-refractivity contribution in [3.8, 4) is 11.5 Å². The minimum atomic E-state index is -0.321. The Bertz CT molecular complexity index is 774. The number of benzene rings is 2. The van der Waals surface area contributed by atoms with E-state index in [0.717, 1.165) is 5.69 Å². The minimum absolute atomic E-state index is 0.0709. The van der Waals surface area contributed by atoms with Crippen LogP contribution in [-0.2, 0) is 13.1 Å². The van der Waals surface area contributed by atoms with Gasteiger partial charge >= 0.3 is 0 Å². The van der Waals surface area contributed by atoms with Crippen LogP contribution in [-0.4, -0.2) is 28.1 Å². The Morgan fingerprint density at radius 2 is 1.88 bits per heavy atom. The fourth-order valence-electron chi connectivity index (χ4n) is 2.56. The summed E-state index contributed by atoms with van der Waals surface area (Å²) in [4.78, 5) is 6.51. The van der Waals surface area contributed by atoms with E-state index >= 15 is 0 Å². The standard InChI is InChI=1S/C19H19FN2O2/c20-17-8-4-7-16(11-17)19-21-18(14-24-19)13-22(9-10-23)12-15-5-2-1-3-6-15/h1-8,11,14,23H,9-10,12-13H2. The second-order valence-electron chi connectivity index (χ2n) is 5.57. The maximum Gasteiger partial charge on any atom is 0.226 e. The molecule has 0 saturated carbocycles. The first-order valence-corrected chi connectivity index (χ1v) is 7.82. The molecular formula is C19H19FN2O2. The number of nitrogens with zero attached hydrogens (tertiary/aromatic N) is 2. The Hall–Kier alpha value is -2.50. The molecule has 0 unspecified atom stereocenters. The van der Waals surface area contributed by atoms with Gasteiger partial charge in [0.1, 0.15) is 12.1 Å². The van der Waals surface area contributed by atoms with Gasteiger partial charge in [0.25, 0.3) is 0 Å². The summed E-state index contributed by atoms with van der Waals surface area (Å²) < 4.78 is 18.8. The van der Waals surface area contributed by atoms with Crippen LogP contribution in [0.2, 0.25) is 0 Å². The highest BCUT2D eigenvalue weighted by Gasteiger charge is 2.12. The maximum atomic E-state index is 13.3. The van der Waals surface area contributed by atoms with E-state index in [9.17, 15) is 9.50 Å². The fraction of sp³-hybridized carbons (Fsp3) is 0.211. The molecule has 24 heavy (non-hydrogen) atoms. The summed E-state index contributed by atoms with van der Waals surface area (Å²) in [5.74, 6) is 0.0754. The topological polar surface area (TPSA) is 49.5 Å². The molecule has 0 saturated heterocycles. The first kappa shape index (κ1) is 16.4. The highest BCUT2D eigenvalue weighted by molar-refractivity contribution is 5.52.